The molecule has 0 bridgehead atoms. The van der Waals surface area contributed by atoms with Gasteiger partial charge in [-0.05, 0) is 37.9 Å². The average molecular weight is 304 g/mol. The lowest BCUT2D eigenvalue weighted by Crippen LogP contribution is -2.41. The maximum atomic E-state index is 12.3. The van der Waals surface area contributed by atoms with Gasteiger partial charge in [0.15, 0.2) is 6.61 Å². The molecule has 22 heavy (non-hydrogen) atoms. The van der Waals surface area contributed by atoms with Crippen molar-refractivity contribution in [3.8, 4) is 5.88 Å². The third-order valence-electron chi connectivity index (χ3n) is 3.87. The van der Waals surface area contributed by atoms with Gasteiger partial charge in [-0.25, -0.2) is 0 Å². The molecule has 0 saturated carbocycles. The molecule has 1 aliphatic rings. The number of aromatic nitrogens is 3. The van der Waals surface area contributed by atoms with Crippen molar-refractivity contribution in [2.24, 2.45) is 0 Å². The normalized spacial score (nSPS) is 18.5. The van der Waals surface area contributed by atoms with Gasteiger partial charge in [-0.15, -0.1) is 0 Å². The molecular weight excluding hydrogens is 284 g/mol. The van der Waals surface area contributed by atoms with E-state index in [-0.39, 0.29) is 18.4 Å². The molecule has 1 N–H and O–H groups in total. The molecule has 118 valence electrons. The second-order valence-corrected chi connectivity index (χ2v) is 5.72. The number of piperidine rings is 1. The largest absolute Gasteiger partial charge is 0.465 e. The lowest BCUT2D eigenvalue weighted by Gasteiger charge is -2.31. The summed E-state index contributed by atoms with van der Waals surface area (Å²) in [7, 11) is 0. The summed E-state index contributed by atoms with van der Waals surface area (Å²) >= 11 is 0. The Labute approximate surface area is 128 Å². The molecule has 0 spiro atoms. The van der Waals surface area contributed by atoms with E-state index in [9.17, 15) is 4.79 Å². The van der Waals surface area contributed by atoms with Gasteiger partial charge in [0, 0.05) is 30.8 Å². The summed E-state index contributed by atoms with van der Waals surface area (Å²) in [5.41, 5.74) is 2.08. The van der Waals surface area contributed by atoms with E-state index in [0.29, 0.717) is 18.2 Å². The van der Waals surface area contributed by atoms with Crippen LogP contribution in [-0.2, 0) is 4.79 Å². The van der Waals surface area contributed by atoms with E-state index in [1.807, 2.05) is 17.9 Å². The molecule has 2 aromatic heterocycles. The van der Waals surface area contributed by atoms with Crippen molar-refractivity contribution in [1.29, 1.82) is 0 Å². The standard InChI is InChI=1S/C15H20N4O3/c1-10-6-13(17-16-10)12-4-3-5-19(8-12)15(20)9-21-14-7-11(2)22-18-14/h6-7,12H,3-5,8-9H2,1-2H3,(H,16,17)/t12-/m0/s1. The number of aryl methyl sites for hydroxylation is 2. The fourth-order valence-corrected chi connectivity index (χ4v) is 2.73. The van der Waals surface area contributed by atoms with Crippen LogP contribution in [0.15, 0.2) is 16.7 Å². The zero-order valence-electron chi connectivity index (χ0n) is 12.8. The Kier molecular flexibility index (Phi) is 4.13. The predicted octanol–water partition coefficient (Wildman–Crippen LogP) is 1.80. The predicted molar refractivity (Wildman–Crippen MR) is 78.6 cm³/mol. The molecule has 1 saturated heterocycles. The number of nitrogens with one attached hydrogen (secondary N) is 1. The van der Waals surface area contributed by atoms with Crippen molar-refractivity contribution in [2.45, 2.75) is 32.6 Å². The van der Waals surface area contributed by atoms with Crippen LogP contribution in [-0.4, -0.2) is 45.9 Å². The van der Waals surface area contributed by atoms with Crippen LogP contribution in [0.1, 0.15) is 35.9 Å². The number of carbonyl (C=O) groups excluding carboxylic acids is 1. The highest BCUT2D eigenvalue weighted by Gasteiger charge is 2.26. The van der Waals surface area contributed by atoms with Gasteiger partial charge in [0.05, 0.1) is 5.69 Å². The maximum absolute atomic E-state index is 12.3. The summed E-state index contributed by atoms with van der Waals surface area (Å²) in [6.45, 7) is 5.20. The molecule has 1 atom stereocenters. The molecule has 0 radical (unpaired) electrons. The van der Waals surface area contributed by atoms with Crippen LogP contribution in [0.3, 0.4) is 0 Å². The Bertz CT molecular complexity index is 649. The Morgan fingerprint density at radius 2 is 2.36 bits per heavy atom. The van der Waals surface area contributed by atoms with E-state index in [1.165, 1.54) is 0 Å². The van der Waals surface area contributed by atoms with Gasteiger partial charge in [0.1, 0.15) is 5.76 Å². The van der Waals surface area contributed by atoms with Gasteiger partial charge < -0.3 is 14.2 Å². The lowest BCUT2D eigenvalue weighted by molar-refractivity contribution is -0.134. The molecule has 0 aromatic carbocycles. The molecule has 3 rings (SSSR count). The second kappa shape index (κ2) is 6.21. The van der Waals surface area contributed by atoms with E-state index in [4.69, 9.17) is 9.26 Å². The first-order chi connectivity index (χ1) is 10.6. The molecular formula is C15H20N4O3. The summed E-state index contributed by atoms with van der Waals surface area (Å²) in [5.74, 6) is 1.27. The number of amides is 1. The number of ether oxygens (including phenoxy) is 1. The molecule has 0 aliphatic carbocycles. The number of likely N-dealkylation sites (tertiary alicyclic amines) is 1. The van der Waals surface area contributed by atoms with Crippen LogP contribution in [0.5, 0.6) is 5.88 Å². The SMILES string of the molecule is Cc1cc([C@H]2CCCN(C(=O)COc3cc(C)on3)C2)n[nH]1. The fraction of sp³-hybridized carbons (Fsp3) is 0.533. The smallest absolute Gasteiger partial charge is 0.260 e. The fourth-order valence-electron chi connectivity index (χ4n) is 2.73. The highest BCUT2D eigenvalue weighted by atomic mass is 16.5. The first-order valence-corrected chi connectivity index (χ1v) is 7.47. The number of carbonyl (C=O) groups is 1. The van der Waals surface area contributed by atoms with Gasteiger partial charge in [-0.3, -0.25) is 9.89 Å². The zero-order valence-corrected chi connectivity index (χ0v) is 12.8. The topological polar surface area (TPSA) is 84.2 Å². The monoisotopic (exact) mass is 304 g/mol. The van der Waals surface area contributed by atoms with Crippen molar-refractivity contribution in [2.75, 3.05) is 19.7 Å². The van der Waals surface area contributed by atoms with E-state index >= 15 is 0 Å². The molecule has 0 unspecified atom stereocenters. The van der Waals surface area contributed by atoms with Gasteiger partial charge in [0.2, 0.25) is 0 Å². The van der Waals surface area contributed by atoms with Crippen LogP contribution in [0.25, 0.3) is 0 Å². The number of rotatable bonds is 4. The minimum absolute atomic E-state index is 0.0156. The molecule has 2 aromatic rings. The van der Waals surface area contributed by atoms with Crippen LogP contribution < -0.4 is 4.74 Å². The van der Waals surface area contributed by atoms with Gasteiger partial charge in [-0.2, -0.15) is 5.10 Å². The highest BCUT2D eigenvalue weighted by molar-refractivity contribution is 5.77. The first-order valence-electron chi connectivity index (χ1n) is 7.47. The highest BCUT2D eigenvalue weighted by Crippen LogP contribution is 2.26. The number of hydrogen-bond donors (Lipinski definition) is 1. The van der Waals surface area contributed by atoms with Crippen molar-refractivity contribution < 1.29 is 14.1 Å². The number of hydrogen-bond acceptors (Lipinski definition) is 5. The molecule has 7 heteroatoms. The summed E-state index contributed by atoms with van der Waals surface area (Å²) in [6.07, 6.45) is 2.03. The summed E-state index contributed by atoms with van der Waals surface area (Å²) in [6, 6.07) is 3.71. The number of aromatic amines is 1. The minimum atomic E-state index is -0.0300. The lowest BCUT2D eigenvalue weighted by atomic mass is 9.94. The third-order valence-corrected chi connectivity index (χ3v) is 3.87. The zero-order chi connectivity index (χ0) is 15.5. The quantitative estimate of drug-likeness (QED) is 0.931. The number of nitrogens with zero attached hydrogens (tertiary/aromatic N) is 3. The van der Waals surface area contributed by atoms with Gasteiger partial charge in [-0.1, -0.05) is 0 Å². The number of H-pyrrole nitrogens is 1. The van der Waals surface area contributed by atoms with Crippen molar-refractivity contribution in [3.05, 3.63) is 29.3 Å². The Morgan fingerprint density at radius 3 is 3.05 bits per heavy atom. The second-order valence-electron chi connectivity index (χ2n) is 5.72. The molecule has 3 heterocycles. The minimum Gasteiger partial charge on any atom is -0.465 e. The van der Waals surface area contributed by atoms with Crippen LogP contribution in [0, 0.1) is 13.8 Å². The summed E-state index contributed by atoms with van der Waals surface area (Å²) < 4.78 is 10.3. The van der Waals surface area contributed by atoms with Crippen LogP contribution in [0.4, 0.5) is 0 Å². The Hall–Kier alpha value is -2.31. The summed E-state index contributed by atoms with van der Waals surface area (Å²) in [5, 5.41) is 11.0. The van der Waals surface area contributed by atoms with E-state index in [1.54, 1.807) is 13.0 Å². The van der Waals surface area contributed by atoms with Gasteiger partial charge in [0.25, 0.3) is 11.8 Å². The third kappa shape index (κ3) is 3.29. The maximum Gasteiger partial charge on any atom is 0.260 e. The molecule has 1 aliphatic heterocycles. The molecule has 7 nitrogen and oxygen atoms in total. The molecule has 1 amide bonds. The Morgan fingerprint density at radius 1 is 1.50 bits per heavy atom. The Balaban J connectivity index is 1.55. The first kappa shape index (κ1) is 14.6. The van der Waals surface area contributed by atoms with E-state index in [2.05, 4.69) is 15.4 Å². The van der Waals surface area contributed by atoms with E-state index < -0.39 is 0 Å². The van der Waals surface area contributed by atoms with Crippen molar-refractivity contribution in [3.63, 3.8) is 0 Å². The van der Waals surface area contributed by atoms with Crippen molar-refractivity contribution >= 4 is 5.91 Å². The van der Waals surface area contributed by atoms with Crippen LogP contribution >= 0.6 is 0 Å². The van der Waals surface area contributed by atoms with Gasteiger partial charge >= 0.3 is 0 Å². The average Bonchev–Trinajstić information content (AvgIpc) is 3.13. The van der Waals surface area contributed by atoms with Crippen LogP contribution in [0.2, 0.25) is 0 Å². The van der Waals surface area contributed by atoms with E-state index in [0.717, 1.165) is 30.8 Å². The summed E-state index contributed by atoms with van der Waals surface area (Å²) in [4.78, 5) is 14.1. The molecule has 1 fully saturated rings. The van der Waals surface area contributed by atoms with Crippen molar-refractivity contribution in [1.82, 2.24) is 20.3 Å².